The molecule has 0 aliphatic heterocycles. The molecule has 0 radical (unpaired) electrons. The van der Waals surface area contributed by atoms with Gasteiger partial charge in [-0.3, -0.25) is 4.79 Å². The first kappa shape index (κ1) is 27.2. The maximum absolute atomic E-state index is 13.5. The third kappa shape index (κ3) is 5.21. The fourth-order valence-electron chi connectivity index (χ4n) is 8.93. The predicted octanol–water partition coefficient (Wildman–Crippen LogP) is 5.60. The molecule has 2 aromatic carbocycles. The number of amides is 1. The van der Waals surface area contributed by atoms with Gasteiger partial charge in [-0.25, -0.2) is 0 Å². The highest BCUT2D eigenvalue weighted by atomic mass is 16.5. The second kappa shape index (κ2) is 10.6. The van der Waals surface area contributed by atoms with Gasteiger partial charge >= 0.3 is 0 Å². The van der Waals surface area contributed by atoms with Gasteiger partial charge in [-0.1, -0.05) is 23.4 Å². The molecule has 4 aliphatic rings. The van der Waals surface area contributed by atoms with E-state index in [4.69, 9.17) is 15.2 Å². The Bertz CT molecular complexity index is 1560. The summed E-state index contributed by atoms with van der Waals surface area (Å²) >= 11 is 0. The van der Waals surface area contributed by atoms with Crippen LogP contribution < -0.4 is 11.1 Å². The van der Waals surface area contributed by atoms with E-state index in [-0.39, 0.29) is 11.7 Å². The number of fused-ring (bicyclic) bond motifs is 1. The van der Waals surface area contributed by atoms with Gasteiger partial charge in [-0.05, 0) is 122 Å². The van der Waals surface area contributed by atoms with Crippen LogP contribution in [0, 0.1) is 37.0 Å². The summed E-state index contributed by atoms with van der Waals surface area (Å²) in [5, 5.41) is 18.6. The molecule has 4 aliphatic carbocycles. The lowest BCUT2D eigenvalue weighted by Gasteiger charge is -2.56. The van der Waals surface area contributed by atoms with Crippen LogP contribution in [0.4, 0.5) is 0 Å². The minimum Gasteiger partial charge on any atom is -0.508 e. The van der Waals surface area contributed by atoms with E-state index >= 15 is 0 Å². The zero-order chi connectivity index (χ0) is 29.0. The lowest BCUT2D eigenvalue weighted by molar-refractivity contribution is -0.123. The Hall–Kier alpha value is -3.65. The van der Waals surface area contributed by atoms with Gasteiger partial charge in [0.15, 0.2) is 5.82 Å². The number of para-hydroxylation sites is 1. The summed E-state index contributed by atoms with van der Waals surface area (Å²) in [5.74, 6) is 3.71. The summed E-state index contributed by atoms with van der Waals surface area (Å²) in [6, 6.07) is 10.3. The second-order valence-electron chi connectivity index (χ2n) is 13.6. The maximum Gasteiger partial charge on any atom is 0.249 e. The normalized spacial score (nSPS) is 26.0. The number of carbonyl (C=O) groups is 1. The van der Waals surface area contributed by atoms with Gasteiger partial charge in [0.1, 0.15) is 11.8 Å². The zero-order valence-corrected chi connectivity index (χ0v) is 24.5. The third-order valence-electron chi connectivity index (χ3n) is 10.3. The van der Waals surface area contributed by atoms with Crippen molar-refractivity contribution in [3.05, 3.63) is 76.6 Å². The molecule has 8 nitrogen and oxygen atoms in total. The minimum absolute atomic E-state index is 0.214. The quantitative estimate of drug-likeness (QED) is 0.208. The summed E-state index contributed by atoms with van der Waals surface area (Å²) in [4.78, 5) is 21.8. The zero-order valence-electron chi connectivity index (χ0n) is 24.5. The molecule has 0 spiro atoms. The Balaban J connectivity index is 1.12. The molecule has 4 aromatic rings. The molecular formula is C34H41N5O3. The first-order valence-electron chi connectivity index (χ1n) is 15.5. The van der Waals surface area contributed by atoms with Crippen molar-refractivity contribution < 1.29 is 14.4 Å². The number of phenols is 1. The largest absolute Gasteiger partial charge is 0.508 e. The number of H-pyrrole nitrogens is 1. The Morgan fingerprint density at radius 3 is 2.45 bits per heavy atom. The molecular weight excluding hydrogens is 526 g/mol. The highest BCUT2D eigenvalue weighted by molar-refractivity contribution is 5.84. The van der Waals surface area contributed by atoms with Crippen LogP contribution in [0.1, 0.15) is 78.5 Å². The fraction of sp³-hybridized carbons (Fsp3) is 0.500. The van der Waals surface area contributed by atoms with E-state index in [1.165, 1.54) is 38.5 Å². The molecule has 4 bridgehead atoms. The number of aromatic hydroxyl groups is 1. The standard InChI is InChI=1S/C34H41N5O3/c1-19-7-25(40)8-20(2)27(19)13-28(35)32(41)37-30(12-24-18-36-29-6-4-3-5-26(24)29)33-38-31(39-42-33)17-34-14-21-9-22(15-34)11-23(10-21)16-34/h3-8,18,21-23,28,30,36,40H,9-17,35H2,1-2H3,(H,37,41)/t21?,22?,23?,28-,30-,34?/m0/s1. The predicted molar refractivity (Wildman–Crippen MR) is 161 cm³/mol. The van der Waals surface area contributed by atoms with Crippen LogP contribution in [0.2, 0.25) is 0 Å². The number of nitrogens with two attached hydrogens (primary N) is 1. The highest BCUT2D eigenvalue weighted by Crippen LogP contribution is 2.60. The lowest BCUT2D eigenvalue weighted by Crippen LogP contribution is -2.47. The van der Waals surface area contributed by atoms with Crippen molar-refractivity contribution in [2.45, 2.75) is 83.7 Å². The van der Waals surface area contributed by atoms with E-state index < -0.39 is 12.1 Å². The van der Waals surface area contributed by atoms with Crippen molar-refractivity contribution in [2.75, 3.05) is 0 Å². The van der Waals surface area contributed by atoms with Crippen LogP contribution in [-0.4, -0.2) is 32.2 Å². The number of carbonyl (C=O) groups excluding carboxylic acids is 1. The number of aryl methyl sites for hydroxylation is 2. The minimum atomic E-state index is -0.771. The number of aromatic nitrogens is 3. The lowest BCUT2D eigenvalue weighted by atomic mass is 9.49. The summed E-state index contributed by atoms with van der Waals surface area (Å²) in [7, 11) is 0. The Labute approximate surface area is 246 Å². The summed E-state index contributed by atoms with van der Waals surface area (Å²) in [5.41, 5.74) is 11.7. The van der Waals surface area contributed by atoms with Crippen molar-refractivity contribution >= 4 is 16.8 Å². The van der Waals surface area contributed by atoms with Gasteiger partial charge < -0.3 is 25.7 Å². The molecule has 0 unspecified atom stereocenters. The van der Waals surface area contributed by atoms with Gasteiger partial charge in [0, 0.05) is 29.9 Å². The first-order chi connectivity index (χ1) is 20.2. The van der Waals surface area contributed by atoms with Crippen LogP contribution in [0.25, 0.3) is 10.9 Å². The molecule has 2 aromatic heterocycles. The Kier molecular flexibility index (Phi) is 6.84. The Morgan fingerprint density at radius 1 is 1.10 bits per heavy atom. The fourth-order valence-corrected chi connectivity index (χ4v) is 8.93. The molecule has 8 rings (SSSR count). The number of aromatic amines is 1. The average Bonchev–Trinajstić information content (AvgIpc) is 3.56. The van der Waals surface area contributed by atoms with Crippen LogP contribution in [0.3, 0.4) is 0 Å². The van der Waals surface area contributed by atoms with Crippen LogP contribution in [0.15, 0.2) is 47.1 Å². The molecule has 4 saturated carbocycles. The van der Waals surface area contributed by atoms with E-state index in [0.717, 1.165) is 63.2 Å². The summed E-state index contributed by atoms with van der Waals surface area (Å²) < 4.78 is 5.90. The highest BCUT2D eigenvalue weighted by Gasteiger charge is 2.51. The molecule has 2 atom stereocenters. The number of rotatable bonds is 9. The molecule has 42 heavy (non-hydrogen) atoms. The van der Waals surface area contributed by atoms with Gasteiger partial charge in [-0.2, -0.15) is 4.98 Å². The van der Waals surface area contributed by atoms with Gasteiger partial charge in [0.05, 0.1) is 6.04 Å². The molecule has 5 N–H and O–H groups in total. The van der Waals surface area contributed by atoms with Crippen LogP contribution in [-0.2, 0) is 24.1 Å². The molecule has 1 amide bonds. The monoisotopic (exact) mass is 567 g/mol. The third-order valence-corrected chi connectivity index (χ3v) is 10.3. The van der Waals surface area contributed by atoms with E-state index in [0.29, 0.717) is 24.1 Å². The van der Waals surface area contributed by atoms with E-state index in [9.17, 15) is 9.90 Å². The molecule has 2 heterocycles. The molecule has 0 saturated heterocycles. The number of hydrogen-bond donors (Lipinski definition) is 4. The van der Waals surface area contributed by atoms with E-state index in [1.54, 1.807) is 12.1 Å². The first-order valence-corrected chi connectivity index (χ1v) is 15.5. The molecule has 8 heteroatoms. The van der Waals surface area contributed by atoms with Gasteiger partial charge in [0.2, 0.25) is 11.8 Å². The van der Waals surface area contributed by atoms with Crippen molar-refractivity contribution in [1.82, 2.24) is 20.4 Å². The molecule has 220 valence electrons. The average molecular weight is 568 g/mol. The van der Waals surface area contributed by atoms with Crippen molar-refractivity contribution in [3.63, 3.8) is 0 Å². The number of nitrogens with one attached hydrogen (secondary N) is 2. The second-order valence-corrected chi connectivity index (χ2v) is 13.6. The summed E-state index contributed by atoms with van der Waals surface area (Å²) in [6.07, 6.45) is 11.8. The van der Waals surface area contributed by atoms with E-state index in [2.05, 4.69) is 21.5 Å². The number of nitrogens with zero attached hydrogens (tertiary/aromatic N) is 2. The topological polar surface area (TPSA) is 130 Å². The van der Waals surface area contributed by atoms with Crippen LogP contribution in [0.5, 0.6) is 5.75 Å². The van der Waals surface area contributed by atoms with E-state index in [1.807, 2.05) is 38.2 Å². The summed E-state index contributed by atoms with van der Waals surface area (Å²) in [6.45, 7) is 3.85. The van der Waals surface area contributed by atoms with Gasteiger partial charge in [0.25, 0.3) is 0 Å². The number of hydrogen-bond acceptors (Lipinski definition) is 6. The van der Waals surface area contributed by atoms with Gasteiger partial charge in [-0.15, -0.1) is 0 Å². The van der Waals surface area contributed by atoms with Crippen molar-refractivity contribution in [3.8, 4) is 5.75 Å². The SMILES string of the molecule is Cc1cc(O)cc(C)c1C[C@H](N)C(=O)N[C@@H](Cc1c[nH]c2ccccc12)c1nc(CC23CC4CC(CC(C4)C2)C3)no1. The maximum atomic E-state index is 13.5. The Morgan fingerprint density at radius 2 is 1.76 bits per heavy atom. The van der Waals surface area contributed by atoms with Crippen molar-refractivity contribution in [2.24, 2.45) is 28.9 Å². The smallest absolute Gasteiger partial charge is 0.249 e. The number of benzene rings is 2. The van der Waals surface area contributed by atoms with Crippen LogP contribution >= 0.6 is 0 Å². The number of phenolic OH excluding ortho intramolecular Hbond substituents is 1. The molecule has 4 fully saturated rings. The van der Waals surface area contributed by atoms with Crippen molar-refractivity contribution in [1.29, 1.82) is 0 Å².